The third-order valence-corrected chi connectivity index (χ3v) is 6.54. The van der Waals surface area contributed by atoms with Gasteiger partial charge in [-0.2, -0.15) is 0 Å². The molecule has 1 aliphatic rings. The molecule has 4 nitrogen and oxygen atoms in total. The number of hydrogen-bond acceptors (Lipinski definition) is 4. The van der Waals surface area contributed by atoms with Crippen LogP contribution in [0.1, 0.15) is 52.9 Å². The van der Waals surface area contributed by atoms with E-state index >= 15 is 0 Å². The van der Waals surface area contributed by atoms with E-state index in [0.29, 0.717) is 6.42 Å². The highest BCUT2D eigenvalue weighted by Gasteiger charge is 2.37. The maximum Gasteiger partial charge on any atom is 0.150 e. The van der Waals surface area contributed by atoms with Crippen LogP contribution >= 0.6 is 0 Å². The van der Waals surface area contributed by atoms with Gasteiger partial charge in [0.15, 0.2) is 0 Å². The lowest BCUT2D eigenvalue weighted by atomic mass is 9.85. The van der Waals surface area contributed by atoms with Crippen LogP contribution in [-0.4, -0.2) is 49.5 Å². The normalized spacial score (nSPS) is 22.3. The van der Waals surface area contributed by atoms with Gasteiger partial charge in [-0.25, -0.2) is 8.42 Å². The average molecular weight is 290 g/mol. The molecule has 0 bridgehead atoms. The van der Waals surface area contributed by atoms with Crippen molar-refractivity contribution in [3.63, 3.8) is 0 Å². The molecular formula is C14H30N2O2S. The number of hydrogen-bond donors (Lipinski definition) is 1. The van der Waals surface area contributed by atoms with Gasteiger partial charge in [0.2, 0.25) is 0 Å². The van der Waals surface area contributed by atoms with Crippen molar-refractivity contribution in [2.24, 2.45) is 5.73 Å². The summed E-state index contributed by atoms with van der Waals surface area (Å²) in [7, 11) is -2.86. The third kappa shape index (κ3) is 4.43. The molecule has 0 saturated carbocycles. The summed E-state index contributed by atoms with van der Waals surface area (Å²) in [4.78, 5) is 2.49. The summed E-state index contributed by atoms with van der Waals surface area (Å²) >= 11 is 0. The minimum atomic E-state index is -2.86. The number of sulfone groups is 1. The second-order valence-corrected chi connectivity index (χ2v) is 8.36. The van der Waals surface area contributed by atoms with Gasteiger partial charge in [0.05, 0.1) is 5.75 Å². The number of nitrogens with two attached hydrogens (primary N) is 1. The Labute approximate surface area is 118 Å². The Morgan fingerprint density at radius 2 is 1.84 bits per heavy atom. The minimum Gasteiger partial charge on any atom is -0.326 e. The van der Waals surface area contributed by atoms with Crippen molar-refractivity contribution in [2.45, 2.75) is 64.5 Å². The fourth-order valence-corrected chi connectivity index (χ4v) is 3.82. The first-order chi connectivity index (χ1) is 8.85. The van der Waals surface area contributed by atoms with E-state index < -0.39 is 9.84 Å². The van der Waals surface area contributed by atoms with E-state index in [0.717, 1.165) is 25.9 Å². The van der Waals surface area contributed by atoms with Crippen molar-refractivity contribution in [1.82, 2.24) is 4.90 Å². The van der Waals surface area contributed by atoms with Crippen LogP contribution in [0.15, 0.2) is 0 Å². The van der Waals surface area contributed by atoms with Crippen molar-refractivity contribution >= 4 is 9.84 Å². The van der Waals surface area contributed by atoms with Gasteiger partial charge >= 0.3 is 0 Å². The van der Waals surface area contributed by atoms with Gasteiger partial charge in [0, 0.05) is 17.3 Å². The highest BCUT2D eigenvalue weighted by Crippen LogP contribution is 2.28. The van der Waals surface area contributed by atoms with Gasteiger partial charge in [-0.15, -0.1) is 0 Å². The molecule has 0 amide bonds. The molecule has 0 aromatic rings. The molecule has 1 aliphatic heterocycles. The quantitative estimate of drug-likeness (QED) is 0.740. The smallest absolute Gasteiger partial charge is 0.150 e. The van der Waals surface area contributed by atoms with E-state index in [1.165, 1.54) is 12.8 Å². The van der Waals surface area contributed by atoms with Crippen LogP contribution < -0.4 is 5.73 Å². The Morgan fingerprint density at radius 1 is 1.26 bits per heavy atom. The van der Waals surface area contributed by atoms with Gasteiger partial charge in [0.1, 0.15) is 9.84 Å². The lowest BCUT2D eigenvalue weighted by Gasteiger charge is -2.43. The number of likely N-dealkylation sites (tertiary alicyclic amines) is 1. The summed E-state index contributed by atoms with van der Waals surface area (Å²) in [5.41, 5.74) is 6.40. The highest BCUT2D eigenvalue weighted by molar-refractivity contribution is 7.91. The SMILES string of the molecule is CCC(C)(C(N)CCCS(=O)(=O)CC)N1CCCC1. The first-order valence-corrected chi connectivity index (χ1v) is 9.39. The zero-order chi connectivity index (χ0) is 14.5. The summed E-state index contributed by atoms with van der Waals surface area (Å²) in [6.45, 7) is 8.38. The molecule has 2 N–H and O–H groups in total. The van der Waals surface area contributed by atoms with Crippen LogP contribution in [0.5, 0.6) is 0 Å². The lowest BCUT2D eigenvalue weighted by Crippen LogP contribution is -2.56. The van der Waals surface area contributed by atoms with Crippen molar-refractivity contribution in [3.05, 3.63) is 0 Å². The molecule has 1 rings (SSSR count). The molecule has 1 saturated heterocycles. The van der Waals surface area contributed by atoms with E-state index in [-0.39, 0.29) is 23.1 Å². The molecule has 5 heteroatoms. The number of rotatable bonds is 8. The molecule has 2 atom stereocenters. The Balaban J connectivity index is 2.52. The third-order valence-electron chi connectivity index (χ3n) is 4.75. The zero-order valence-corrected chi connectivity index (χ0v) is 13.5. The molecule has 114 valence electrons. The summed E-state index contributed by atoms with van der Waals surface area (Å²) in [6.07, 6.45) is 5.01. The van der Waals surface area contributed by atoms with E-state index in [9.17, 15) is 8.42 Å². The monoisotopic (exact) mass is 290 g/mol. The van der Waals surface area contributed by atoms with E-state index in [2.05, 4.69) is 18.7 Å². The summed E-state index contributed by atoms with van der Waals surface area (Å²) < 4.78 is 23.0. The van der Waals surface area contributed by atoms with Crippen molar-refractivity contribution < 1.29 is 8.42 Å². The van der Waals surface area contributed by atoms with Crippen molar-refractivity contribution in [2.75, 3.05) is 24.6 Å². The molecular weight excluding hydrogens is 260 g/mol. The summed E-state index contributed by atoms with van der Waals surface area (Å²) in [5.74, 6) is 0.510. The van der Waals surface area contributed by atoms with Gasteiger partial charge < -0.3 is 5.73 Å². The van der Waals surface area contributed by atoms with Crippen molar-refractivity contribution in [1.29, 1.82) is 0 Å². The van der Waals surface area contributed by atoms with Crippen LogP contribution in [0.2, 0.25) is 0 Å². The standard InChI is InChI=1S/C14H30N2O2S/c1-4-14(3,16-10-6-7-11-16)13(15)9-8-12-19(17,18)5-2/h13H,4-12,15H2,1-3H3. The van der Waals surface area contributed by atoms with Gasteiger partial charge in [-0.05, 0) is 52.1 Å². The Hall–Kier alpha value is -0.130. The number of nitrogens with zero attached hydrogens (tertiary/aromatic N) is 1. The Kier molecular flexibility index (Phi) is 6.27. The predicted molar refractivity (Wildman–Crippen MR) is 81.0 cm³/mol. The van der Waals surface area contributed by atoms with Crippen LogP contribution in [-0.2, 0) is 9.84 Å². The topological polar surface area (TPSA) is 63.4 Å². The molecule has 0 aliphatic carbocycles. The molecule has 19 heavy (non-hydrogen) atoms. The molecule has 2 unspecified atom stereocenters. The maximum absolute atomic E-state index is 11.5. The van der Waals surface area contributed by atoms with E-state index in [1.54, 1.807) is 6.92 Å². The predicted octanol–water partition coefficient (Wildman–Crippen LogP) is 1.79. The van der Waals surface area contributed by atoms with Crippen LogP contribution in [0, 0.1) is 0 Å². The van der Waals surface area contributed by atoms with E-state index in [4.69, 9.17) is 5.73 Å². The molecule has 0 aromatic carbocycles. The second kappa shape index (κ2) is 7.04. The lowest BCUT2D eigenvalue weighted by molar-refractivity contribution is 0.0962. The average Bonchev–Trinajstić information content (AvgIpc) is 2.91. The fraction of sp³-hybridized carbons (Fsp3) is 1.00. The van der Waals surface area contributed by atoms with Crippen molar-refractivity contribution in [3.8, 4) is 0 Å². The zero-order valence-electron chi connectivity index (χ0n) is 12.7. The maximum atomic E-state index is 11.5. The van der Waals surface area contributed by atoms with Crippen LogP contribution in [0.4, 0.5) is 0 Å². The summed E-state index contributed by atoms with van der Waals surface area (Å²) in [6, 6.07) is 0.0580. The minimum absolute atomic E-state index is 0.0203. The van der Waals surface area contributed by atoms with Gasteiger partial charge in [-0.1, -0.05) is 13.8 Å². The molecule has 1 heterocycles. The van der Waals surface area contributed by atoms with Crippen LogP contribution in [0.25, 0.3) is 0 Å². The molecule has 0 spiro atoms. The molecule has 0 aromatic heterocycles. The Bertz CT molecular complexity index is 364. The molecule has 0 radical (unpaired) electrons. The van der Waals surface area contributed by atoms with E-state index in [1.807, 2.05) is 0 Å². The first-order valence-electron chi connectivity index (χ1n) is 7.56. The second-order valence-electron chi connectivity index (χ2n) is 5.89. The van der Waals surface area contributed by atoms with Gasteiger partial charge in [-0.3, -0.25) is 4.90 Å². The highest BCUT2D eigenvalue weighted by atomic mass is 32.2. The fourth-order valence-electron chi connectivity index (χ4n) is 2.93. The van der Waals surface area contributed by atoms with Gasteiger partial charge in [0.25, 0.3) is 0 Å². The molecule has 1 fully saturated rings. The van der Waals surface area contributed by atoms with Crippen LogP contribution in [0.3, 0.4) is 0 Å². The largest absolute Gasteiger partial charge is 0.326 e. The summed E-state index contributed by atoms with van der Waals surface area (Å²) in [5, 5.41) is 0. The Morgan fingerprint density at radius 3 is 2.32 bits per heavy atom. The first kappa shape index (κ1) is 16.9.